The van der Waals surface area contributed by atoms with E-state index in [2.05, 4.69) is 19.2 Å². The molecule has 2 aromatic carbocycles. The number of carbonyl (C=O) groups excluding carboxylic acids is 2. The van der Waals surface area contributed by atoms with Crippen LogP contribution in [-0.4, -0.2) is 37.7 Å². The van der Waals surface area contributed by atoms with Crippen LogP contribution in [0.15, 0.2) is 48.5 Å². The molecule has 0 saturated heterocycles. The number of ether oxygens (including phenoxy) is 3. The van der Waals surface area contributed by atoms with Crippen molar-refractivity contribution >= 4 is 11.9 Å². The molecule has 1 aliphatic carbocycles. The molecule has 2 aromatic rings. The van der Waals surface area contributed by atoms with Gasteiger partial charge in [-0.15, -0.1) is 0 Å². The first kappa shape index (κ1) is 25.6. The number of rotatable bonds is 9. The molecule has 0 aliphatic heterocycles. The zero-order valence-electron chi connectivity index (χ0n) is 20.9. The van der Waals surface area contributed by atoms with Gasteiger partial charge >= 0.3 is 5.97 Å². The van der Waals surface area contributed by atoms with E-state index in [1.54, 1.807) is 44.6 Å². The van der Waals surface area contributed by atoms with Crippen molar-refractivity contribution in [3.63, 3.8) is 0 Å². The Kier molecular flexibility index (Phi) is 8.59. The Balaban J connectivity index is 1.78. The molecule has 1 N–H and O–H groups in total. The Bertz CT molecular complexity index is 964. The zero-order valence-corrected chi connectivity index (χ0v) is 20.9. The third-order valence-electron chi connectivity index (χ3n) is 6.89. The van der Waals surface area contributed by atoms with Crippen molar-refractivity contribution in [2.24, 2.45) is 11.8 Å². The van der Waals surface area contributed by atoms with Crippen LogP contribution in [0.4, 0.5) is 0 Å². The van der Waals surface area contributed by atoms with Crippen molar-refractivity contribution in [2.45, 2.75) is 64.5 Å². The summed E-state index contributed by atoms with van der Waals surface area (Å²) in [6.07, 6.45) is 4.02. The molecule has 0 heterocycles. The van der Waals surface area contributed by atoms with E-state index in [-0.39, 0.29) is 12.3 Å². The Labute approximate surface area is 203 Å². The molecule has 1 aliphatic rings. The minimum absolute atomic E-state index is 0.280. The minimum Gasteiger partial charge on any atom is -0.493 e. The molecule has 0 aromatic heterocycles. The van der Waals surface area contributed by atoms with Crippen LogP contribution >= 0.6 is 0 Å². The summed E-state index contributed by atoms with van der Waals surface area (Å²) >= 11 is 0. The fourth-order valence-corrected chi connectivity index (χ4v) is 4.60. The molecule has 184 valence electrons. The van der Waals surface area contributed by atoms with Crippen LogP contribution in [0.3, 0.4) is 0 Å². The Morgan fingerprint density at radius 3 is 2.24 bits per heavy atom. The van der Waals surface area contributed by atoms with Crippen LogP contribution in [0.5, 0.6) is 11.5 Å². The van der Waals surface area contributed by atoms with E-state index in [4.69, 9.17) is 14.2 Å². The summed E-state index contributed by atoms with van der Waals surface area (Å²) in [6.45, 7) is 6.50. The van der Waals surface area contributed by atoms with Crippen LogP contribution in [0.25, 0.3) is 0 Å². The van der Waals surface area contributed by atoms with Crippen LogP contribution < -0.4 is 14.8 Å². The molecule has 3 rings (SSSR count). The summed E-state index contributed by atoms with van der Waals surface area (Å²) in [5.41, 5.74) is 0.813. The third kappa shape index (κ3) is 6.52. The number of carbonyl (C=O) groups is 2. The first-order chi connectivity index (χ1) is 16.2. The summed E-state index contributed by atoms with van der Waals surface area (Å²) in [6, 6.07) is 13.5. The quantitative estimate of drug-likeness (QED) is 0.514. The standard InChI is InChI=1S/C28H37NO5/c1-19(2)21-13-15-28(3,16-14-21)34-27(31)23(29-26(30)22-9-7-6-8-10-22)17-20-11-12-24(32-4)25(18-20)33-5/h6-12,18-19,21,23H,13-17H2,1-5H3,(H,29,30)/t21?,23-,28?/m0/s1. The largest absolute Gasteiger partial charge is 0.493 e. The average molecular weight is 468 g/mol. The van der Waals surface area contributed by atoms with Crippen molar-refractivity contribution in [3.05, 3.63) is 59.7 Å². The highest BCUT2D eigenvalue weighted by molar-refractivity contribution is 5.96. The van der Waals surface area contributed by atoms with Gasteiger partial charge in [0.1, 0.15) is 11.6 Å². The van der Waals surface area contributed by atoms with Gasteiger partial charge in [-0.25, -0.2) is 4.79 Å². The number of nitrogens with one attached hydrogen (secondary N) is 1. The van der Waals surface area contributed by atoms with Gasteiger partial charge < -0.3 is 19.5 Å². The smallest absolute Gasteiger partial charge is 0.329 e. The number of benzene rings is 2. The van der Waals surface area contributed by atoms with E-state index in [0.717, 1.165) is 31.2 Å². The maximum Gasteiger partial charge on any atom is 0.329 e. The van der Waals surface area contributed by atoms with Gasteiger partial charge in [-0.05, 0) is 74.3 Å². The number of hydrogen-bond acceptors (Lipinski definition) is 5. The second-order valence-electron chi connectivity index (χ2n) is 9.74. The second-order valence-corrected chi connectivity index (χ2v) is 9.74. The van der Waals surface area contributed by atoms with Crippen molar-refractivity contribution < 1.29 is 23.8 Å². The van der Waals surface area contributed by atoms with Crippen molar-refractivity contribution in [1.29, 1.82) is 0 Å². The lowest BCUT2D eigenvalue weighted by Crippen LogP contribution is -2.47. The summed E-state index contributed by atoms with van der Waals surface area (Å²) < 4.78 is 16.8. The van der Waals surface area contributed by atoms with Crippen molar-refractivity contribution in [1.82, 2.24) is 5.32 Å². The number of hydrogen-bond donors (Lipinski definition) is 1. The number of esters is 1. The lowest BCUT2D eigenvalue weighted by atomic mass is 9.75. The van der Waals surface area contributed by atoms with Crippen LogP contribution in [0.1, 0.15) is 62.4 Å². The number of methoxy groups -OCH3 is 2. The molecule has 1 saturated carbocycles. The predicted octanol–water partition coefficient (Wildman–Crippen LogP) is 5.19. The summed E-state index contributed by atoms with van der Waals surface area (Å²) in [5.74, 6) is 1.74. The zero-order chi connectivity index (χ0) is 24.7. The fraction of sp³-hybridized carbons (Fsp3) is 0.500. The molecular formula is C28H37NO5. The summed E-state index contributed by atoms with van der Waals surface area (Å²) in [7, 11) is 3.14. The van der Waals surface area contributed by atoms with Crippen molar-refractivity contribution in [3.8, 4) is 11.5 Å². The number of amides is 1. The molecule has 0 spiro atoms. The van der Waals surface area contributed by atoms with Gasteiger partial charge in [-0.3, -0.25) is 4.79 Å². The first-order valence-electron chi connectivity index (χ1n) is 12.0. The SMILES string of the molecule is COc1ccc(C[C@H](NC(=O)c2ccccc2)C(=O)OC2(C)CCC(C(C)C)CC2)cc1OC. The van der Waals surface area contributed by atoms with E-state index in [1.807, 2.05) is 25.1 Å². The maximum atomic E-state index is 13.4. The third-order valence-corrected chi connectivity index (χ3v) is 6.89. The molecule has 6 heteroatoms. The van der Waals surface area contributed by atoms with E-state index >= 15 is 0 Å². The lowest BCUT2D eigenvalue weighted by Gasteiger charge is -2.39. The van der Waals surface area contributed by atoms with Crippen LogP contribution in [-0.2, 0) is 16.0 Å². The first-order valence-corrected chi connectivity index (χ1v) is 12.0. The van der Waals surface area contributed by atoms with Gasteiger partial charge in [0, 0.05) is 12.0 Å². The fourth-order valence-electron chi connectivity index (χ4n) is 4.60. The van der Waals surface area contributed by atoms with E-state index in [0.29, 0.717) is 28.9 Å². The molecular weight excluding hydrogens is 430 g/mol. The summed E-state index contributed by atoms with van der Waals surface area (Å²) in [4.78, 5) is 26.3. The molecule has 6 nitrogen and oxygen atoms in total. The second kappa shape index (κ2) is 11.4. The predicted molar refractivity (Wildman–Crippen MR) is 132 cm³/mol. The Hall–Kier alpha value is -3.02. The Morgan fingerprint density at radius 1 is 1.00 bits per heavy atom. The van der Waals surface area contributed by atoms with Gasteiger partial charge in [0.05, 0.1) is 14.2 Å². The highest BCUT2D eigenvalue weighted by Crippen LogP contribution is 2.38. The van der Waals surface area contributed by atoms with Gasteiger partial charge in [-0.2, -0.15) is 0 Å². The molecule has 0 bridgehead atoms. The van der Waals surface area contributed by atoms with Crippen LogP contribution in [0.2, 0.25) is 0 Å². The molecule has 0 radical (unpaired) electrons. The Morgan fingerprint density at radius 2 is 1.65 bits per heavy atom. The monoisotopic (exact) mass is 467 g/mol. The van der Waals surface area contributed by atoms with E-state index in [9.17, 15) is 9.59 Å². The minimum atomic E-state index is -0.828. The highest BCUT2D eigenvalue weighted by atomic mass is 16.6. The average Bonchev–Trinajstić information content (AvgIpc) is 2.84. The molecule has 1 atom stereocenters. The van der Waals surface area contributed by atoms with E-state index in [1.165, 1.54) is 0 Å². The van der Waals surface area contributed by atoms with Gasteiger partial charge in [0.2, 0.25) is 0 Å². The molecule has 1 fully saturated rings. The molecule has 0 unspecified atom stereocenters. The van der Waals surface area contributed by atoms with E-state index < -0.39 is 17.6 Å². The highest BCUT2D eigenvalue weighted by Gasteiger charge is 2.37. The van der Waals surface area contributed by atoms with Gasteiger partial charge in [0.25, 0.3) is 5.91 Å². The summed E-state index contributed by atoms with van der Waals surface area (Å²) in [5, 5.41) is 2.90. The molecule has 34 heavy (non-hydrogen) atoms. The van der Waals surface area contributed by atoms with Crippen LogP contribution in [0, 0.1) is 11.8 Å². The lowest BCUT2D eigenvalue weighted by molar-refractivity contribution is -0.164. The van der Waals surface area contributed by atoms with Crippen molar-refractivity contribution in [2.75, 3.05) is 14.2 Å². The maximum absolute atomic E-state index is 13.4. The molecule has 1 amide bonds. The van der Waals surface area contributed by atoms with Gasteiger partial charge in [0.15, 0.2) is 11.5 Å². The van der Waals surface area contributed by atoms with Gasteiger partial charge in [-0.1, -0.05) is 38.1 Å². The topological polar surface area (TPSA) is 73.9 Å². The normalized spacial score (nSPS) is 20.9.